The number of hydrogen-bond donors (Lipinski definition) is 0. The second-order valence-corrected chi connectivity index (χ2v) is 8.19. The molecule has 4 rings (SSSR count). The van der Waals surface area contributed by atoms with Crippen molar-refractivity contribution in [2.24, 2.45) is 0 Å². The third kappa shape index (κ3) is 5.01. The summed E-state index contributed by atoms with van der Waals surface area (Å²) < 4.78 is 38.3. The van der Waals surface area contributed by atoms with Gasteiger partial charge in [0.15, 0.2) is 0 Å². The average Bonchev–Trinajstić information content (AvgIpc) is 2.83. The number of pyridine rings is 1. The molecule has 3 heterocycles. The number of anilines is 2. The van der Waals surface area contributed by atoms with E-state index in [9.17, 15) is 28.1 Å². The van der Waals surface area contributed by atoms with Gasteiger partial charge in [0.1, 0.15) is 5.82 Å². The van der Waals surface area contributed by atoms with Crippen LogP contribution in [0.3, 0.4) is 0 Å². The highest BCUT2D eigenvalue weighted by Crippen LogP contribution is 2.31. The van der Waals surface area contributed by atoms with Crippen LogP contribution in [-0.2, 0) is 6.18 Å². The summed E-state index contributed by atoms with van der Waals surface area (Å²) in [6, 6.07) is 6.74. The highest BCUT2D eigenvalue weighted by Gasteiger charge is 2.32. The van der Waals surface area contributed by atoms with Crippen molar-refractivity contribution in [1.29, 1.82) is 0 Å². The Morgan fingerprint density at radius 2 is 1.64 bits per heavy atom. The molecule has 1 amide bonds. The Hall–Kier alpha value is -3.37. The molecule has 11 heteroatoms. The molecule has 0 aliphatic carbocycles. The summed E-state index contributed by atoms with van der Waals surface area (Å²) in [4.78, 5) is 33.6. The number of halogens is 3. The highest BCUT2D eigenvalue weighted by atomic mass is 19.4. The second kappa shape index (κ2) is 9.24. The first-order valence-corrected chi connectivity index (χ1v) is 10.8. The second-order valence-electron chi connectivity index (χ2n) is 8.19. The number of benzene rings is 1. The van der Waals surface area contributed by atoms with E-state index >= 15 is 0 Å². The lowest BCUT2D eigenvalue weighted by Gasteiger charge is -2.36. The predicted molar refractivity (Wildman–Crippen MR) is 117 cm³/mol. The smallest absolute Gasteiger partial charge is 0.371 e. The number of piperazine rings is 1. The van der Waals surface area contributed by atoms with Crippen molar-refractivity contribution in [3.05, 3.63) is 57.8 Å². The SMILES string of the molecule is O=C(c1cc([N+](=O)[O-])ccc1N1CCCCC1)N1CCN(c2ccc(C(F)(F)F)cn2)CC1. The van der Waals surface area contributed by atoms with Gasteiger partial charge in [-0.25, -0.2) is 4.98 Å². The summed E-state index contributed by atoms with van der Waals surface area (Å²) in [5.41, 5.74) is 0.0759. The number of nitrogens with zero attached hydrogens (tertiary/aromatic N) is 5. The normalized spacial score (nSPS) is 17.2. The molecular weight excluding hydrogens is 439 g/mol. The van der Waals surface area contributed by atoms with Gasteiger partial charge in [0.25, 0.3) is 11.6 Å². The fourth-order valence-electron chi connectivity index (χ4n) is 4.27. The van der Waals surface area contributed by atoms with Crippen LogP contribution < -0.4 is 9.80 Å². The summed E-state index contributed by atoms with van der Waals surface area (Å²) in [5, 5.41) is 11.3. The van der Waals surface area contributed by atoms with Crippen LogP contribution in [-0.4, -0.2) is 60.0 Å². The zero-order valence-corrected chi connectivity index (χ0v) is 17.9. The number of piperidine rings is 1. The van der Waals surface area contributed by atoms with E-state index in [-0.39, 0.29) is 11.6 Å². The quantitative estimate of drug-likeness (QED) is 0.504. The third-order valence-corrected chi connectivity index (χ3v) is 6.08. The number of hydrogen-bond acceptors (Lipinski definition) is 6. The standard InChI is InChI=1S/C22H24F3N5O3/c23-22(24,25)16-4-7-20(26-15-16)28-10-12-29(13-11-28)21(31)18-14-17(30(32)33)5-6-19(18)27-8-2-1-3-9-27/h4-7,14-15H,1-3,8-13H2. The van der Waals surface area contributed by atoms with E-state index in [0.717, 1.165) is 44.6 Å². The Morgan fingerprint density at radius 1 is 0.939 bits per heavy atom. The summed E-state index contributed by atoms with van der Waals surface area (Å²) in [6.45, 7) is 3.07. The van der Waals surface area contributed by atoms with Gasteiger partial charge in [-0.1, -0.05) is 0 Å². The van der Waals surface area contributed by atoms with E-state index < -0.39 is 16.7 Å². The van der Waals surface area contributed by atoms with E-state index in [1.807, 2.05) is 4.90 Å². The maximum atomic E-state index is 13.4. The van der Waals surface area contributed by atoms with Crippen molar-refractivity contribution < 1.29 is 22.9 Å². The summed E-state index contributed by atoms with van der Waals surface area (Å²) >= 11 is 0. The first-order valence-electron chi connectivity index (χ1n) is 10.8. The van der Waals surface area contributed by atoms with Gasteiger partial charge in [0.2, 0.25) is 0 Å². The van der Waals surface area contributed by atoms with Crippen LogP contribution in [0.2, 0.25) is 0 Å². The third-order valence-electron chi connectivity index (χ3n) is 6.08. The molecule has 0 spiro atoms. The Labute approximate surface area is 188 Å². The molecule has 2 fully saturated rings. The van der Waals surface area contributed by atoms with Crippen LogP contribution in [0.25, 0.3) is 0 Å². The number of amides is 1. The highest BCUT2D eigenvalue weighted by molar-refractivity contribution is 6.00. The van der Waals surface area contributed by atoms with E-state index in [4.69, 9.17) is 0 Å². The van der Waals surface area contributed by atoms with Crippen LogP contribution in [0.4, 0.5) is 30.4 Å². The molecule has 33 heavy (non-hydrogen) atoms. The Kier molecular flexibility index (Phi) is 6.39. The molecule has 0 unspecified atom stereocenters. The molecule has 0 bridgehead atoms. The van der Waals surface area contributed by atoms with Crippen molar-refractivity contribution in [3.8, 4) is 0 Å². The summed E-state index contributed by atoms with van der Waals surface area (Å²) in [7, 11) is 0. The minimum atomic E-state index is -4.44. The molecule has 0 saturated carbocycles. The number of carbonyl (C=O) groups excluding carboxylic acids is 1. The zero-order chi connectivity index (χ0) is 23.6. The fraction of sp³-hybridized carbons (Fsp3) is 0.455. The van der Waals surface area contributed by atoms with Gasteiger partial charge in [-0.05, 0) is 37.5 Å². The van der Waals surface area contributed by atoms with E-state index in [1.54, 1.807) is 11.0 Å². The first kappa shape index (κ1) is 22.8. The lowest BCUT2D eigenvalue weighted by Crippen LogP contribution is -2.49. The maximum absolute atomic E-state index is 13.4. The van der Waals surface area contributed by atoms with E-state index in [1.165, 1.54) is 18.2 Å². The minimum absolute atomic E-state index is 0.133. The van der Waals surface area contributed by atoms with Crippen LogP contribution in [0, 0.1) is 10.1 Å². The Morgan fingerprint density at radius 3 is 2.21 bits per heavy atom. The minimum Gasteiger partial charge on any atom is -0.371 e. The topological polar surface area (TPSA) is 82.8 Å². The Balaban J connectivity index is 1.49. The van der Waals surface area contributed by atoms with Gasteiger partial charge in [-0.2, -0.15) is 13.2 Å². The van der Waals surface area contributed by atoms with Gasteiger partial charge in [-0.15, -0.1) is 0 Å². The predicted octanol–water partition coefficient (Wildman–Crippen LogP) is 3.96. The van der Waals surface area contributed by atoms with Gasteiger partial charge in [0.05, 0.1) is 21.7 Å². The molecule has 0 radical (unpaired) electrons. The number of carbonyl (C=O) groups is 1. The van der Waals surface area contributed by atoms with Crippen LogP contribution >= 0.6 is 0 Å². The zero-order valence-electron chi connectivity index (χ0n) is 17.9. The number of alkyl halides is 3. The van der Waals surface area contributed by atoms with Crippen molar-refractivity contribution in [2.75, 3.05) is 49.1 Å². The molecule has 2 saturated heterocycles. The number of non-ortho nitro benzene ring substituents is 1. The molecule has 0 N–H and O–H groups in total. The molecule has 8 nitrogen and oxygen atoms in total. The van der Waals surface area contributed by atoms with Crippen LogP contribution in [0.15, 0.2) is 36.5 Å². The van der Waals surface area contributed by atoms with Gasteiger partial charge < -0.3 is 14.7 Å². The fourth-order valence-corrected chi connectivity index (χ4v) is 4.27. The lowest BCUT2D eigenvalue weighted by molar-refractivity contribution is -0.384. The lowest BCUT2D eigenvalue weighted by atomic mass is 10.0. The summed E-state index contributed by atoms with van der Waals surface area (Å²) in [6.07, 6.45) is -0.512. The van der Waals surface area contributed by atoms with E-state index in [0.29, 0.717) is 43.2 Å². The maximum Gasteiger partial charge on any atom is 0.417 e. The van der Waals surface area contributed by atoms with Crippen molar-refractivity contribution >= 4 is 23.1 Å². The molecule has 176 valence electrons. The number of nitro benzene ring substituents is 1. The van der Waals surface area contributed by atoms with Gasteiger partial charge >= 0.3 is 6.18 Å². The van der Waals surface area contributed by atoms with Crippen LogP contribution in [0.5, 0.6) is 0 Å². The molecule has 1 aromatic heterocycles. The molecule has 2 aliphatic heterocycles. The molecule has 0 atom stereocenters. The monoisotopic (exact) mass is 463 g/mol. The molecule has 1 aromatic carbocycles. The van der Waals surface area contributed by atoms with Crippen molar-refractivity contribution in [3.63, 3.8) is 0 Å². The van der Waals surface area contributed by atoms with E-state index in [2.05, 4.69) is 9.88 Å². The van der Waals surface area contributed by atoms with Crippen molar-refractivity contribution in [2.45, 2.75) is 25.4 Å². The van der Waals surface area contributed by atoms with Crippen molar-refractivity contribution in [1.82, 2.24) is 9.88 Å². The molecule has 2 aliphatic rings. The summed E-state index contributed by atoms with van der Waals surface area (Å²) in [5.74, 6) is 0.138. The van der Waals surface area contributed by atoms with Gasteiger partial charge in [-0.3, -0.25) is 14.9 Å². The molecule has 2 aromatic rings. The number of aromatic nitrogens is 1. The largest absolute Gasteiger partial charge is 0.417 e. The van der Waals surface area contributed by atoms with Crippen LogP contribution in [0.1, 0.15) is 35.2 Å². The number of rotatable bonds is 4. The average molecular weight is 463 g/mol. The first-order chi connectivity index (χ1) is 15.7. The van der Waals surface area contributed by atoms with Gasteiger partial charge in [0, 0.05) is 57.6 Å². The Bertz CT molecular complexity index is 1010. The number of nitro groups is 1. The molecular formula is C22H24F3N5O3.